The van der Waals surface area contributed by atoms with Gasteiger partial charge in [0.2, 0.25) is 0 Å². The molecule has 1 amide bonds. The second-order valence-corrected chi connectivity index (χ2v) is 8.28. The Bertz CT molecular complexity index is 956. The first-order valence-electron chi connectivity index (χ1n) is 9.22. The van der Waals surface area contributed by atoms with E-state index in [1.807, 2.05) is 30.3 Å². The molecule has 1 aliphatic heterocycles. The van der Waals surface area contributed by atoms with Gasteiger partial charge in [0, 0.05) is 6.42 Å². The number of hydrogen-bond acceptors (Lipinski definition) is 6. The van der Waals surface area contributed by atoms with Gasteiger partial charge in [-0.25, -0.2) is 0 Å². The number of carbonyl (C=O) groups excluding carboxylic acids is 1. The second-order valence-electron chi connectivity index (χ2n) is 6.56. The molecule has 1 N–H and O–H groups in total. The molecular formula is C22H23NO4S2. The summed E-state index contributed by atoms with van der Waals surface area (Å²) in [5.41, 5.74) is 3.31. The molecule has 0 atom stereocenters. The van der Waals surface area contributed by atoms with E-state index < -0.39 is 0 Å². The maximum absolute atomic E-state index is 11.8. The number of rotatable bonds is 8. The molecule has 7 heteroatoms. The number of thiocarbonyl (C=S) groups is 1. The lowest BCUT2D eigenvalue weighted by Gasteiger charge is -2.12. The van der Waals surface area contributed by atoms with Crippen LogP contribution in [0.3, 0.4) is 0 Å². The first-order chi connectivity index (χ1) is 14.0. The number of benzene rings is 2. The average molecular weight is 430 g/mol. The smallest absolute Gasteiger partial charge is 0.263 e. The van der Waals surface area contributed by atoms with Crippen molar-refractivity contribution >= 4 is 40.3 Å². The van der Waals surface area contributed by atoms with Crippen molar-refractivity contribution in [3.63, 3.8) is 0 Å². The van der Waals surface area contributed by atoms with Crippen LogP contribution in [-0.2, 0) is 4.79 Å². The maximum atomic E-state index is 11.8. The summed E-state index contributed by atoms with van der Waals surface area (Å²) in [5.74, 6) is 1.96. The van der Waals surface area contributed by atoms with Gasteiger partial charge in [-0.15, -0.1) is 0 Å². The van der Waals surface area contributed by atoms with Crippen molar-refractivity contribution in [2.45, 2.75) is 20.3 Å². The monoisotopic (exact) mass is 429 g/mol. The van der Waals surface area contributed by atoms with Crippen LogP contribution in [0.25, 0.3) is 6.08 Å². The van der Waals surface area contributed by atoms with E-state index in [0.717, 1.165) is 17.7 Å². The number of carbonyl (C=O) groups is 1. The quantitative estimate of drug-likeness (QED) is 0.375. The third-order valence-electron chi connectivity index (χ3n) is 4.42. The SMILES string of the molecule is COc1cc(C=C2SC(=S)NC2=O)ccc1OCCCOc1ccc(C)c(C)c1. The minimum atomic E-state index is -0.178. The molecule has 0 bridgehead atoms. The van der Waals surface area contributed by atoms with Gasteiger partial charge in [0.1, 0.15) is 10.1 Å². The zero-order valence-corrected chi connectivity index (χ0v) is 18.2. The van der Waals surface area contributed by atoms with Crippen LogP contribution >= 0.6 is 24.0 Å². The highest BCUT2D eigenvalue weighted by atomic mass is 32.2. The third-order valence-corrected chi connectivity index (χ3v) is 5.58. The van der Waals surface area contributed by atoms with Gasteiger partial charge in [-0.2, -0.15) is 0 Å². The van der Waals surface area contributed by atoms with Gasteiger partial charge in [-0.1, -0.05) is 36.1 Å². The molecule has 0 spiro atoms. The Morgan fingerprint density at radius 2 is 1.83 bits per heavy atom. The fraction of sp³-hybridized carbons (Fsp3) is 0.273. The molecule has 0 aromatic heterocycles. The van der Waals surface area contributed by atoms with Gasteiger partial charge in [-0.05, 0) is 60.9 Å². The number of ether oxygens (including phenoxy) is 3. The van der Waals surface area contributed by atoms with E-state index >= 15 is 0 Å². The Kier molecular flexibility index (Phi) is 7.17. The van der Waals surface area contributed by atoms with E-state index in [4.69, 9.17) is 26.4 Å². The highest BCUT2D eigenvalue weighted by Crippen LogP contribution is 2.31. The Morgan fingerprint density at radius 1 is 1.03 bits per heavy atom. The summed E-state index contributed by atoms with van der Waals surface area (Å²) in [6.45, 7) is 5.23. The largest absolute Gasteiger partial charge is 0.493 e. The lowest BCUT2D eigenvalue weighted by Crippen LogP contribution is -2.17. The predicted octanol–water partition coefficient (Wildman–Crippen LogP) is 4.65. The van der Waals surface area contributed by atoms with E-state index in [-0.39, 0.29) is 5.91 Å². The molecule has 3 rings (SSSR count). The molecule has 29 heavy (non-hydrogen) atoms. The number of nitrogens with one attached hydrogen (secondary N) is 1. The van der Waals surface area contributed by atoms with E-state index in [0.29, 0.717) is 33.9 Å². The molecule has 152 valence electrons. The molecule has 2 aromatic carbocycles. The molecule has 5 nitrogen and oxygen atoms in total. The first kappa shape index (κ1) is 21.2. The number of amides is 1. The molecule has 2 aromatic rings. The minimum Gasteiger partial charge on any atom is -0.493 e. The van der Waals surface area contributed by atoms with Crippen LogP contribution in [0.1, 0.15) is 23.1 Å². The summed E-state index contributed by atoms with van der Waals surface area (Å²) < 4.78 is 17.5. The van der Waals surface area contributed by atoms with E-state index in [9.17, 15) is 4.79 Å². The van der Waals surface area contributed by atoms with Crippen molar-refractivity contribution in [2.24, 2.45) is 0 Å². The summed E-state index contributed by atoms with van der Waals surface area (Å²) >= 11 is 6.26. The van der Waals surface area contributed by atoms with E-state index in [1.54, 1.807) is 13.2 Å². The van der Waals surface area contributed by atoms with Gasteiger partial charge in [-0.3, -0.25) is 4.79 Å². The molecule has 1 heterocycles. The summed E-state index contributed by atoms with van der Waals surface area (Å²) in [7, 11) is 1.59. The van der Waals surface area contributed by atoms with Crippen LogP contribution in [0.5, 0.6) is 17.2 Å². The van der Waals surface area contributed by atoms with Crippen molar-refractivity contribution in [3.05, 3.63) is 58.0 Å². The standard InChI is InChI=1S/C22H23NO4S2/c1-14-5-7-17(11-15(14)2)26-9-4-10-27-18-8-6-16(12-19(18)25-3)13-20-21(24)23-22(28)29-20/h5-8,11-13H,4,9-10H2,1-3H3,(H,23,24,28). The Morgan fingerprint density at radius 3 is 2.52 bits per heavy atom. The van der Waals surface area contributed by atoms with Crippen LogP contribution in [0.15, 0.2) is 41.3 Å². The van der Waals surface area contributed by atoms with Crippen molar-refractivity contribution in [3.8, 4) is 17.2 Å². The molecule has 0 saturated carbocycles. The first-order valence-corrected chi connectivity index (χ1v) is 10.4. The van der Waals surface area contributed by atoms with Crippen LogP contribution in [0.4, 0.5) is 0 Å². The Balaban J connectivity index is 1.53. The van der Waals surface area contributed by atoms with Crippen LogP contribution < -0.4 is 19.5 Å². The van der Waals surface area contributed by atoms with Gasteiger partial charge in [0.25, 0.3) is 5.91 Å². The summed E-state index contributed by atoms with van der Waals surface area (Å²) in [4.78, 5) is 12.4. The van der Waals surface area contributed by atoms with Crippen LogP contribution in [0, 0.1) is 13.8 Å². The van der Waals surface area contributed by atoms with E-state index in [1.165, 1.54) is 22.9 Å². The molecule has 1 fully saturated rings. The average Bonchev–Trinajstić information content (AvgIpc) is 3.01. The summed E-state index contributed by atoms with van der Waals surface area (Å²) in [6, 6.07) is 11.6. The van der Waals surface area contributed by atoms with Crippen molar-refractivity contribution in [1.29, 1.82) is 0 Å². The highest BCUT2D eigenvalue weighted by Gasteiger charge is 2.22. The predicted molar refractivity (Wildman–Crippen MR) is 121 cm³/mol. The Labute approximate surface area is 180 Å². The molecule has 0 aliphatic carbocycles. The second kappa shape index (κ2) is 9.80. The van der Waals surface area contributed by atoms with Gasteiger partial charge < -0.3 is 19.5 Å². The topological polar surface area (TPSA) is 56.8 Å². The van der Waals surface area contributed by atoms with Crippen LogP contribution in [-0.4, -0.2) is 30.6 Å². The fourth-order valence-corrected chi connectivity index (χ4v) is 3.74. The summed E-state index contributed by atoms with van der Waals surface area (Å²) in [6.07, 6.45) is 2.53. The van der Waals surface area contributed by atoms with Crippen molar-refractivity contribution < 1.29 is 19.0 Å². The van der Waals surface area contributed by atoms with Gasteiger partial charge in [0.15, 0.2) is 11.5 Å². The minimum absolute atomic E-state index is 0.178. The molecule has 0 unspecified atom stereocenters. The Hall–Kier alpha value is -2.51. The fourth-order valence-electron chi connectivity index (χ4n) is 2.70. The molecule has 0 radical (unpaired) electrons. The van der Waals surface area contributed by atoms with Crippen molar-refractivity contribution in [1.82, 2.24) is 5.32 Å². The molecule has 1 saturated heterocycles. The van der Waals surface area contributed by atoms with Crippen molar-refractivity contribution in [2.75, 3.05) is 20.3 Å². The molecular weight excluding hydrogens is 406 g/mol. The normalized spacial score (nSPS) is 14.8. The van der Waals surface area contributed by atoms with E-state index in [2.05, 4.69) is 25.2 Å². The zero-order valence-electron chi connectivity index (χ0n) is 16.6. The number of aryl methyl sites for hydroxylation is 2. The third kappa shape index (κ3) is 5.74. The highest BCUT2D eigenvalue weighted by molar-refractivity contribution is 8.26. The zero-order chi connectivity index (χ0) is 20.8. The number of methoxy groups -OCH3 is 1. The summed E-state index contributed by atoms with van der Waals surface area (Å²) in [5, 5.41) is 2.60. The lowest BCUT2D eigenvalue weighted by atomic mass is 10.1. The maximum Gasteiger partial charge on any atom is 0.263 e. The molecule has 1 aliphatic rings. The van der Waals surface area contributed by atoms with Gasteiger partial charge >= 0.3 is 0 Å². The lowest BCUT2D eigenvalue weighted by molar-refractivity contribution is -0.115. The number of hydrogen-bond donors (Lipinski definition) is 1. The number of thioether (sulfide) groups is 1. The van der Waals surface area contributed by atoms with Crippen LogP contribution in [0.2, 0.25) is 0 Å². The van der Waals surface area contributed by atoms with Gasteiger partial charge in [0.05, 0.1) is 25.2 Å².